The summed E-state index contributed by atoms with van der Waals surface area (Å²) in [6.45, 7) is 3.87. The number of aliphatic carboxylic acids is 1. The van der Waals surface area contributed by atoms with Gasteiger partial charge in [-0.3, -0.25) is 0 Å². The van der Waals surface area contributed by atoms with E-state index >= 15 is 0 Å². The fraction of sp³-hybridized carbons (Fsp3) is 0.462. The molecule has 0 fully saturated rings. The molecule has 0 atom stereocenters. The first-order valence-electron chi connectivity index (χ1n) is 5.64. The molecule has 1 aromatic rings. The molecule has 0 heterocycles. The van der Waals surface area contributed by atoms with Crippen LogP contribution >= 0.6 is 0 Å². The van der Waals surface area contributed by atoms with Crippen molar-refractivity contribution in [3.8, 4) is 5.75 Å². The van der Waals surface area contributed by atoms with Crippen LogP contribution < -0.4 is 4.74 Å². The molecule has 1 aromatic carbocycles. The quantitative estimate of drug-likeness (QED) is 0.804. The summed E-state index contributed by atoms with van der Waals surface area (Å²) < 4.78 is 5.37. The minimum Gasteiger partial charge on any atom is -0.481 e. The Balaban J connectivity index is 2.94. The molecule has 0 amide bonds. The Morgan fingerprint density at radius 2 is 2.00 bits per heavy atom. The third-order valence-electron chi connectivity index (χ3n) is 2.42. The average Bonchev–Trinajstić information content (AvgIpc) is 2.27. The van der Waals surface area contributed by atoms with Crippen molar-refractivity contribution >= 4 is 5.97 Å². The second-order valence-electron chi connectivity index (χ2n) is 3.69. The van der Waals surface area contributed by atoms with Gasteiger partial charge in [0.05, 0.1) is 0 Å². The number of hydrogen-bond donors (Lipinski definition) is 1. The van der Waals surface area contributed by atoms with Gasteiger partial charge in [0.2, 0.25) is 0 Å². The van der Waals surface area contributed by atoms with Crippen molar-refractivity contribution in [3.63, 3.8) is 0 Å². The van der Waals surface area contributed by atoms with Crippen LogP contribution in [0.5, 0.6) is 5.75 Å². The van der Waals surface area contributed by atoms with Gasteiger partial charge in [0, 0.05) is 0 Å². The number of para-hydroxylation sites is 1. The molecule has 0 spiro atoms. The fourth-order valence-electron chi connectivity index (χ4n) is 1.70. The Hall–Kier alpha value is -1.51. The molecule has 0 unspecified atom stereocenters. The van der Waals surface area contributed by atoms with E-state index in [1.165, 1.54) is 0 Å². The van der Waals surface area contributed by atoms with E-state index < -0.39 is 5.97 Å². The third kappa shape index (κ3) is 3.26. The van der Waals surface area contributed by atoms with Gasteiger partial charge >= 0.3 is 5.97 Å². The second-order valence-corrected chi connectivity index (χ2v) is 3.69. The standard InChI is InChI=1S/C13H18O3/c1-3-6-11-8-5-7-10(4-2)13(11)16-9-12(14)15/h5,7-8H,3-4,6,9H2,1-2H3,(H,14,15). The summed E-state index contributed by atoms with van der Waals surface area (Å²) in [4.78, 5) is 10.5. The monoisotopic (exact) mass is 222 g/mol. The molecule has 3 heteroatoms. The average molecular weight is 222 g/mol. The van der Waals surface area contributed by atoms with Gasteiger partial charge < -0.3 is 9.84 Å². The highest BCUT2D eigenvalue weighted by Gasteiger charge is 2.09. The first-order chi connectivity index (χ1) is 7.69. The van der Waals surface area contributed by atoms with E-state index in [0.29, 0.717) is 0 Å². The summed E-state index contributed by atoms with van der Waals surface area (Å²) in [5.74, 6) is -0.178. The van der Waals surface area contributed by atoms with Crippen LogP contribution in [0.4, 0.5) is 0 Å². The lowest BCUT2D eigenvalue weighted by Gasteiger charge is -2.13. The van der Waals surface area contributed by atoms with Crippen LogP contribution in [0, 0.1) is 0 Å². The maximum Gasteiger partial charge on any atom is 0.341 e. The van der Waals surface area contributed by atoms with Crippen LogP contribution in [0.15, 0.2) is 18.2 Å². The molecule has 0 radical (unpaired) electrons. The maximum absolute atomic E-state index is 10.5. The molecular weight excluding hydrogens is 204 g/mol. The minimum atomic E-state index is -0.937. The van der Waals surface area contributed by atoms with Gasteiger partial charge in [-0.25, -0.2) is 4.79 Å². The Bertz CT molecular complexity index is 358. The molecule has 88 valence electrons. The molecule has 1 rings (SSSR count). The van der Waals surface area contributed by atoms with Gasteiger partial charge in [0.15, 0.2) is 6.61 Å². The summed E-state index contributed by atoms with van der Waals surface area (Å²) >= 11 is 0. The fourth-order valence-corrected chi connectivity index (χ4v) is 1.70. The Morgan fingerprint density at radius 3 is 2.56 bits per heavy atom. The Labute approximate surface area is 96.1 Å². The minimum absolute atomic E-state index is 0.270. The number of carboxylic acid groups (broad SMARTS) is 1. The molecule has 0 aliphatic heterocycles. The van der Waals surface area contributed by atoms with E-state index in [0.717, 1.165) is 36.1 Å². The van der Waals surface area contributed by atoms with Gasteiger partial charge in [0.25, 0.3) is 0 Å². The highest BCUT2D eigenvalue weighted by molar-refractivity contribution is 5.68. The van der Waals surface area contributed by atoms with E-state index in [2.05, 4.69) is 6.92 Å². The summed E-state index contributed by atoms with van der Waals surface area (Å²) in [7, 11) is 0. The van der Waals surface area contributed by atoms with Crippen LogP contribution in [0.2, 0.25) is 0 Å². The largest absolute Gasteiger partial charge is 0.481 e. The molecule has 0 saturated heterocycles. The SMILES string of the molecule is CCCc1cccc(CC)c1OCC(=O)O. The zero-order valence-electron chi connectivity index (χ0n) is 9.82. The van der Waals surface area contributed by atoms with Crippen molar-refractivity contribution in [2.45, 2.75) is 33.1 Å². The Morgan fingerprint density at radius 1 is 1.31 bits per heavy atom. The predicted octanol–water partition coefficient (Wildman–Crippen LogP) is 2.66. The molecule has 0 bridgehead atoms. The highest BCUT2D eigenvalue weighted by Crippen LogP contribution is 2.25. The van der Waals surface area contributed by atoms with Crippen LogP contribution in [0.3, 0.4) is 0 Å². The molecular formula is C13H18O3. The molecule has 3 nitrogen and oxygen atoms in total. The topological polar surface area (TPSA) is 46.5 Å². The van der Waals surface area contributed by atoms with Crippen LogP contribution in [-0.2, 0) is 17.6 Å². The van der Waals surface area contributed by atoms with Gasteiger partial charge in [-0.15, -0.1) is 0 Å². The van der Waals surface area contributed by atoms with Crippen LogP contribution in [0.25, 0.3) is 0 Å². The first kappa shape index (κ1) is 12.6. The summed E-state index contributed by atoms with van der Waals surface area (Å²) in [5, 5.41) is 8.63. The highest BCUT2D eigenvalue weighted by atomic mass is 16.5. The molecule has 1 N–H and O–H groups in total. The Kier molecular flexibility index (Phi) is 4.83. The van der Waals surface area contributed by atoms with E-state index in [1.807, 2.05) is 25.1 Å². The zero-order valence-corrected chi connectivity index (χ0v) is 9.82. The van der Waals surface area contributed by atoms with Gasteiger partial charge in [-0.05, 0) is 24.0 Å². The number of benzene rings is 1. The number of carboxylic acids is 1. The third-order valence-corrected chi connectivity index (χ3v) is 2.42. The van der Waals surface area contributed by atoms with Crippen molar-refractivity contribution in [2.75, 3.05) is 6.61 Å². The van der Waals surface area contributed by atoms with Gasteiger partial charge in [-0.1, -0.05) is 38.5 Å². The first-order valence-corrected chi connectivity index (χ1v) is 5.64. The number of carbonyl (C=O) groups is 1. The van der Waals surface area contributed by atoms with Crippen molar-refractivity contribution in [1.82, 2.24) is 0 Å². The summed E-state index contributed by atoms with van der Waals surface area (Å²) in [6, 6.07) is 5.98. The van der Waals surface area contributed by atoms with E-state index in [9.17, 15) is 4.79 Å². The summed E-state index contributed by atoms with van der Waals surface area (Å²) in [5.41, 5.74) is 2.18. The van der Waals surface area contributed by atoms with Crippen LogP contribution in [0.1, 0.15) is 31.4 Å². The number of aryl methyl sites for hydroxylation is 2. The molecule has 16 heavy (non-hydrogen) atoms. The lowest BCUT2D eigenvalue weighted by molar-refractivity contribution is -0.139. The predicted molar refractivity (Wildman–Crippen MR) is 62.9 cm³/mol. The van der Waals surface area contributed by atoms with Crippen molar-refractivity contribution in [3.05, 3.63) is 29.3 Å². The normalized spacial score (nSPS) is 10.1. The lowest BCUT2D eigenvalue weighted by atomic mass is 10.0. The molecule has 0 aliphatic rings. The molecule has 0 saturated carbocycles. The lowest BCUT2D eigenvalue weighted by Crippen LogP contribution is -2.11. The number of hydrogen-bond acceptors (Lipinski definition) is 2. The van der Waals surface area contributed by atoms with Gasteiger partial charge in [0.1, 0.15) is 5.75 Å². The zero-order chi connectivity index (χ0) is 12.0. The van der Waals surface area contributed by atoms with E-state index in [-0.39, 0.29) is 6.61 Å². The van der Waals surface area contributed by atoms with Crippen LogP contribution in [-0.4, -0.2) is 17.7 Å². The van der Waals surface area contributed by atoms with E-state index in [4.69, 9.17) is 9.84 Å². The number of rotatable bonds is 6. The second kappa shape index (κ2) is 6.16. The smallest absolute Gasteiger partial charge is 0.341 e. The van der Waals surface area contributed by atoms with Crippen molar-refractivity contribution in [1.29, 1.82) is 0 Å². The number of ether oxygens (including phenoxy) is 1. The maximum atomic E-state index is 10.5. The molecule has 0 aromatic heterocycles. The van der Waals surface area contributed by atoms with E-state index in [1.54, 1.807) is 0 Å². The van der Waals surface area contributed by atoms with Gasteiger partial charge in [-0.2, -0.15) is 0 Å². The van der Waals surface area contributed by atoms with Crippen molar-refractivity contribution < 1.29 is 14.6 Å². The van der Waals surface area contributed by atoms with Crippen molar-refractivity contribution in [2.24, 2.45) is 0 Å². The molecule has 0 aliphatic carbocycles. The summed E-state index contributed by atoms with van der Waals surface area (Å²) in [6.07, 6.45) is 2.80.